The molecule has 0 unspecified atom stereocenters. The molecule has 0 aliphatic heterocycles. The molecular weight excluding hydrogens is 256 g/mol. The first-order valence-electron chi connectivity index (χ1n) is 6.23. The predicted molar refractivity (Wildman–Crippen MR) is 74.0 cm³/mol. The number of aromatic carboxylic acids is 1. The van der Waals surface area contributed by atoms with E-state index in [-0.39, 0.29) is 12.2 Å². The Bertz CT molecular complexity index is 654. The molecule has 104 valence electrons. The van der Waals surface area contributed by atoms with Gasteiger partial charge < -0.3 is 9.84 Å². The minimum atomic E-state index is -1.02. The lowest BCUT2D eigenvalue weighted by atomic mass is 10.1. The van der Waals surface area contributed by atoms with E-state index in [1.807, 2.05) is 32.0 Å². The Balaban J connectivity index is 2.13. The summed E-state index contributed by atoms with van der Waals surface area (Å²) in [5.41, 5.74) is 2.70. The quantitative estimate of drug-likeness (QED) is 0.926. The van der Waals surface area contributed by atoms with E-state index >= 15 is 0 Å². The standard InChI is InChI=1S/C15H16N2O3/c1-9-4-5-10(2)13(6-9)20-8-14-16-7-12(15(18)19)11(3)17-14/h4-7H,8H2,1-3H3,(H,18,19). The third-order valence-corrected chi connectivity index (χ3v) is 2.96. The van der Waals surface area contributed by atoms with Crippen LogP contribution in [0.2, 0.25) is 0 Å². The second kappa shape index (κ2) is 5.69. The monoisotopic (exact) mass is 272 g/mol. The molecule has 0 saturated heterocycles. The molecule has 2 aromatic rings. The lowest BCUT2D eigenvalue weighted by molar-refractivity contribution is 0.0695. The van der Waals surface area contributed by atoms with E-state index in [2.05, 4.69) is 9.97 Å². The first-order chi connectivity index (χ1) is 9.47. The highest BCUT2D eigenvalue weighted by molar-refractivity contribution is 5.88. The molecule has 0 spiro atoms. The van der Waals surface area contributed by atoms with Crippen LogP contribution >= 0.6 is 0 Å². The van der Waals surface area contributed by atoms with E-state index in [4.69, 9.17) is 9.84 Å². The van der Waals surface area contributed by atoms with Crippen molar-refractivity contribution < 1.29 is 14.6 Å². The fraction of sp³-hybridized carbons (Fsp3) is 0.267. The Hall–Kier alpha value is -2.43. The first-order valence-corrected chi connectivity index (χ1v) is 6.23. The van der Waals surface area contributed by atoms with E-state index in [0.717, 1.165) is 16.9 Å². The third-order valence-electron chi connectivity index (χ3n) is 2.96. The van der Waals surface area contributed by atoms with Crippen molar-refractivity contribution >= 4 is 5.97 Å². The van der Waals surface area contributed by atoms with E-state index in [1.165, 1.54) is 6.20 Å². The molecule has 0 aliphatic rings. The molecule has 1 aromatic carbocycles. The molecule has 5 heteroatoms. The van der Waals surface area contributed by atoms with E-state index in [1.54, 1.807) is 6.92 Å². The van der Waals surface area contributed by atoms with Gasteiger partial charge in [0.25, 0.3) is 0 Å². The van der Waals surface area contributed by atoms with Gasteiger partial charge in [0, 0.05) is 6.20 Å². The van der Waals surface area contributed by atoms with Crippen LogP contribution in [0, 0.1) is 20.8 Å². The lowest BCUT2D eigenvalue weighted by Gasteiger charge is -2.10. The molecular formula is C15H16N2O3. The van der Waals surface area contributed by atoms with Crippen LogP contribution in [-0.2, 0) is 6.61 Å². The summed E-state index contributed by atoms with van der Waals surface area (Å²) in [6.45, 7) is 5.82. The summed E-state index contributed by atoms with van der Waals surface area (Å²) in [7, 11) is 0. The summed E-state index contributed by atoms with van der Waals surface area (Å²) in [6.07, 6.45) is 1.31. The van der Waals surface area contributed by atoms with Crippen molar-refractivity contribution in [2.24, 2.45) is 0 Å². The molecule has 0 bridgehead atoms. The maximum absolute atomic E-state index is 10.9. The molecule has 0 radical (unpaired) electrons. The summed E-state index contributed by atoms with van der Waals surface area (Å²) in [5.74, 6) is 0.228. The normalized spacial score (nSPS) is 10.3. The van der Waals surface area contributed by atoms with E-state index in [9.17, 15) is 4.79 Å². The zero-order valence-corrected chi connectivity index (χ0v) is 11.7. The van der Waals surface area contributed by atoms with Gasteiger partial charge in [-0.05, 0) is 38.0 Å². The number of carboxylic acid groups (broad SMARTS) is 1. The Labute approximate surface area is 117 Å². The predicted octanol–water partition coefficient (Wildman–Crippen LogP) is 2.68. The van der Waals surface area contributed by atoms with Crippen molar-refractivity contribution in [3.05, 3.63) is 52.6 Å². The summed E-state index contributed by atoms with van der Waals surface area (Å²) in [6, 6.07) is 5.96. The van der Waals surface area contributed by atoms with Gasteiger partial charge >= 0.3 is 5.97 Å². The highest BCUT2D eigenvalue weighted by Crippen LogP contribution is 2.20. The van der Waals surface area contributed by atoms with Gasteiger partial charge in [-0.3, -0.25) is 0 Å². The van der Waals surface area contributed by atoms with Gasteiger partial charge in [-0.25, -0.2) is 14.8 Å². The Morgan fingerprint density at radius 3 is 2.70 bits per heavy atom. The van der Waals surface area contributed by atoms with Gasteiger partial charge in [0.2, 0.25) is 0 Å². The summed E-state index contributed by atoms with van der Waals surface area (Å²) < 4.78 is 5.69. The van der Waals surface area contributed by atoms with Gasteiger partial charge in [0.15, 0.2) is 5.82 Å². The van der Waals surface area contributed by atoms with Crippen molar-refractivity contribution in [1.29, 1.82) is 0 Å². The molecule has 20 heavy (non-hydrogen) atoms. The molecule has 0 atom stereocenters. The van der Waals surface area contributed by atoms with E-state index < -0.39 is 5.97 Å². The number of aryl methyl sites for hydroxylation is 3. The highest BCUT2D eigenvalue weighted by Gasteiger charge is 2.10. The zero-order chi connectivity index (χ0) is 14.7. The fourth-order valence-corrected chi connectivity index (χ4v) is 1.80. The number of carbonyl (C=O) groups is 1. The van der Waals surface area contributed by atoms with Crippen molar-refractivity contribution in [2.45, 2.75) is 27.4 Å². The van der Waals surface area contributed by atoms with Crippen molar-refractivity contribution in [3.63, 3.8) is 0 Å². The third kappa shape index (κ3) is 3.12. The van der Waals surface area contributed by atoms with Crippen LogP contribution in [-0.4, -0.2) is 21.0 Å². The molecule has 0 aliphatic carbocycles. The second-order valence-corrected chi connectivity index (χ2v) is 4.65. The average molecular weight is 272 g/mol. The van der Waals surface area contributed by atoms with Gasteiger partial charge in [-0.2, -0.15) is 0 Å². The molecule has 1 heterocycles. The highest BCUT2D eigenvalue weighted by atomic mass is 16.5. The molecule has 0 fully saturated rings. The van der Waals surface area contributed by atoms with Crippen LogP contribution < -0.4 is 4.74 Å². The van der Waals surface area contributed by atoms with E-state index in [0.29, 0.717) is 11.5 Å². The number of nitrogens with zero attached hydrogens (tertiary/aromatic N) is 2. The van der Waals surface area contributed by atoms with Crippen LogP contribution in [0.1, 0.15) is 33.0 Å². The number of carboxylic acids is 1. The van der Waals surface area contributed by atoms with Crippen LogP contribution in [0.4, 0.5) is 0 Å². The van der Waals surface area contributed by atoms with Crippen molar-refractivity contribution in [2.75, 3.05) is 0 Å². The molecule has 0 amide bonds. The van der Waals surface area contributed by atoms with Crippen LogP contribution in [0.3, 0.4) is 0 Å². The Kier molecular flexibility index (Phi) is 3.98. The maximum atomic E-state index is 10.9. The number of aromatic nitrogens is 2. The van der Waals surface area contributed by atoms with Gasteiger partial charge in [-0.15, -0.1) is 0 Å². The van der Waals surface area contributed by atoms with Gasteiger partial charge in [0.1, 0.15) is 12.4 Å². The summed E-state index contributed by atoms with van der Waals surface area (Å²) in [5, 5.41) is 8.92. The number of rotatable bonds is 4. The number of hydrogen-bond donors (Lipinski definition) is 1. The molecule has 1 N–H and O–H groups in total. The van der Waals surface area contributed by atoms with Crippen molar-refractivity contribution in [3.8, 4) is 5.75 Å². The Morgan fingerprint density at radius 2 is 2.05 bits per heavy atom. The fourth-order valence-electron chi connectivity index (χ4n) is 1.80. The summed E-state index contributed by atoms with van der Waals surface area (Å²) in [4.78, 5) is 19.0. The number of benzene rings is 1. The largest absolute Gasteiger partial charge is 0.485 e. The molecule has 1 aromatic heterocycles. The number of ether oxygens (including phenoxy) is 1. The van der Waals surface area contributed by atoms with Crippen LogP contribution in [0.25, 0.3) is 0 Å². The smallest absolute Gasteiger partial charge is 0.339 e. The number of hydrogen-bond acceptors (Lipinski definition) is 4. The van der Waals surface area contributed by atoms with Crippen LogP contribution in [0.15, 0.2) is 24.4 Å². The van der Waals surface area contributed by atoms with Gasteiger partial charge in [0.05, 0.1) is 11.3 Å². The topological polar surface area (TPSA) is 72.3 Å². The van der Waals surface area contributed by atoms with Crippen LogP contribution in [0.5, 0.6) is 5.75 Å². The lowest BCUT2D eigenvalue weighted by Crippen LogP contribution is -2.08. The molecule has 2 rings (SSSR count). The van der Waals surface area contributed by atoms with Gasteiger partial charge in [-0.1, -0.05) is 12.1 Å². The SMILES string of the molecule is Cc1ccc(C)c(OCc2ncc(C(=O)O)c(C)n2)c1. The summed E-state index contributed by atoms with van der Waals surface area (Å²) >= 11 is 0. The zero-order valence-electron chi connectivity index (χ0n) is 11.7. The van der Waals surface area contributed by atoms with Crippen molar-refractivity contribution in [1.82, 2.24) is 9.97 Å². The Morgan fingerprint density at radius 1 is 1.30 bits per heavy atom. The average Bonchev–Trinajstić information content (AvgIpc) is 2.39. The molecule has 0 saturated carbocycles. The molecule has 5 nitrogen and oxygen atoms in total. The minimum absolute atomic E-state index is 0.112. The maximum Gasteiger partial charge on any atom is 0.339 e. The minimum Gasteiger partial charge on any atom is -0.485 e. The first kappa shape index (κ1) is 14.0. The second-order valence-electron chi connectivity index (χ2n) is 4.65.